The van der Waals surface area contributed by atoms with E-state index in [0.29, 0.717) is 19.0 Å². The molecule has 5 rings (SSSR count). The van der Waals surface area contributed by atoms with E-state index < -0.39 is 0 Å². The summed E-state index contributed by atoms with van der Waals surface area (Å²) < 4.78 is 11.4. The van der Waals surface area contributed by atoms with Crippen molar-refractivity contribution >= 4 is 22.3 Å². The molecule has 130 valence electrons. The maximum atomic E-state index is 6.01. The maximum absolute atomic E-state index is 6.01. The van der Waals surface area contributed by atoms with Gasteiger partial charge in [-0.25, -0.2) is 9.97 Å². The summed E-state index contributed by atoms with van der Waals surface area (Å²) in [6, 6.07) is 8.05. The van der Waals surface area contributed by atoms with Crippen molar-refractivity contribution in [2.75, 3.05) is 18.5 Å². The van der Waals surface area contributed by atoms with Crippen LogP contribution in [0.5, 0.6) is 5.88 Å². The predicted molar refractivity (Wildman–Crippen MR) is 97.5 cm³/mol. The van der Waals surface area contributed by atoms with Crippen LogP contribution in [0.4, 0.5) is 5.69 Å². The molecule has 1 fully saturated rings. The van der Waals surface area contributed by atoms with E-state index in [1.807, 2.05) is 18.2 Å². The summed E-state index contributed by atoms with van der Waals surface area (Å²) in [5, 5.41) is 5.39. The van der Waals surface area contributed by atoms with E-state index in [1.165, 1.54) is 0 Å². The molecule has 1 aromatic carbocycles. The Hall–Kier alpha value is -3.06. The van der Waals surface area contributed by atoms with Crippen molar-refractivity contribution < 1.29 is 9.47 Å². The van der Waals surface area contributed by atoms with Crippen molar-refractivity contribution in [2.24, 2.45) is 4.99 Å². The summed E-state index contributed by atoms with van der Waals surface area (Å²) in [6.45, 7) is 1.93. The van der Waals surface area contributed by atoms with Gasteiger partial charge in [-0.1, -0.05) is 0 Å². The largest absolute Gasteiger partial charge is 0.471 e. The van der Waals surface area contributed by atoms with E-state index in [9.17, 15) is 0 Å². The van der Waals surface area contributed by atoms with Gasteiger partial charge in [-0.15, -0.1) is 0 Å². The third kappa shape index (κ3) is 2.76. The minimum Gasteiger partial charge on any atom is -0.471 e. The number of nitrogens with zero attached hydrogens (tertiary/aromatic N) is 4. The fraction of sp³-hybridized carbons (Fsp3) is 0.263. The molecular weight excluding hydrogens is 330 g/mol. The molecule has 1 saturated heterocycles. The Labute approximate surface area is 150 Å². The normalized spacial score (nSPS) is 18.6. The lowest BCUT2D eigenvalue weighted by atomic mass is 10.1. The number of nitrogens with one attached hydrogen (secondary N) is 1. The van der Waals surface area contributed by atoms with Crippen LogP contribution in [0.1, 0.15) is 17.8 Å². The van der Waals surface area contributed by atoms with Gasteiger partial charge in [0.05, 0.1) is 25.5 Å². The molecule has 0 amide bonds. The van der Waals surface area contributed by atoms with Gasteiger partial charge in [-0.3, -0.25) is 9.98 Å². The van der Waals surface area contributed by atoms with Gasteiger partial charge in [-0.2, -0.15) is 0 Å². The summed E-state index contributed by atoms with van der Waals surface area (Å²) in [5.41, 5.74) is 2.65. The van der Waals surface area contributed by atoms with E-state index in [4.69, 9.17) is 9.47 Å². The van der Waals surface area contributed by atoms with Crippen LogP contribution in [-0.4, -0.2) is 40.1 Å². The van der Waals surface area contributed by atoms with Crippen molar-refractivity contribution in [2.45, 2.75) is 19.1 Å². The molecule has 0 aliphatic carbocycles. The van der Waals surface area contributed by atoms with E-state index in [0.717, 1.165) is 46.7 Å². The summed E-state index contributed by atoms with van der Waals surface area (Å²) >= 11 is 0. The fourth-order valence-electron chi connectivity index (χ4n) is 3.23. The first kappa shape index (κ1) is 15.2. The van der Waals surface area contributed by atoms with Gasteiger partial charge in [0.15, 0.2) is 5.84 Å². The third-order valence-corrected chi connectivity index (χ3v) is 4.54. The van der Waals surface area contributed by atoms with Gasteiger partial charge < -0.3 is 14.8 Å². The molecule has 3 aromatic rings. The van der Waals surface area contributed by atoms with Gasteiger partial charge in [-0.05, 0) is 29.7 Å². The van der Waals surface area contributed by atoms with Crippen LogP contribution in [0.3, 0.4) is 0 Å². The van der Waals surface area contributed by atoms with Crippen molar-refractivity contribution in [1.82, 2.24) is 15.0 Å². The van der Waals surface area contributed by atoms with Crippen molar-refractivity contribution in [3.63, 3.8) is 0 Å². The first-order chi connectivity index (χ1) is 12.9. The maximum Gasteiger partial charge on any atom is 0.221 e. The number of pyridine rings is 1. The van der Waals surface area contributed by atoms with Gasteiger partial charge in [0, 0.05) is 36.1 Å². The molecule has 1 N–H and O–H groups in total. The molecule has 4 heterocycles. The summed E-state index contributed by atoms with van der Waals surface area (Å²) in [5.74, 6) is 1.40. The lowest BCUT2D eigenvalue weighted by Gasteiger charge is -2.13. The summed E-state index contributed by atoms with van der Waals surface area (Å²) in [7, 11) is 0. The molecule has 7 heteroatoms. The SMILES string of the molecule is c1cnc2c(n1)CN=C2Nc1ccc2c(O[C@@H]3CCOC3)nccc2c1. The third-order valence-electron chi connectivity index (χ3n) is 4.54. The molecule has 7 nitrogen and oxygen atoms in total. The van der Waals surface area contributed by atoms with Gasteiger partial charge in [0.2, 0.25) is 5.88 Å². The van der Waals surface area contributed by atoms with Crippen LogP contribution in [0.15, 0.2) is 47.8 Å². The number of fused-ring (bicyclic) bond motifs is 2. The Kier molecular flexibility index (Phi) is 3.71. The number of benzene rings is 1. The monoisotopic (exact) mass is 347 g/mol. The minimum atomic E-state index is 0.0776. The lowest BCUT2D eigenvalue weighted by molar-refractivity contribution is 0.139. The number of aliphatic imine (C=N–C) groups is 1. The number of aromatic nitrogens is 3. The van der Waals surface area contributed by atoms with E-state index in [1.54, 1.807) is 18.6 Å². The zero-order chi connectivity index (χ0) is 17.3. The molecule has 0 saturated carbocycles. The van der Waals surface area contributed by atoms with E-state index >= 15 is 0 Å². The van der Waals surface area contributed by atoms with Crippen molar-refractivity contribution in [3.05, 3.63) is 54.2 Å². The second-order valence-electron chi connectivity index (χ2n) is 6.30. The van der Waals surface area contributed by atoms with Crippen molar-refractivity contribution in [1.29, 1.82) is 0 Å². The van der Waals surface area contributed by atoms with Gasteiger partial charge in [0.25, 0.3) is 0 Å². The first-order valence-corrected chi connectivity index (χ1v) is 8.62. The highest BCUT2D eigenvalue weighted by molar-refractivity contribution is 6.09. The van der Waals surface area contributed by atoms with Gasteiger partial charge >= 0.3 is 0 Å². The standard InChI is InChI=1S/C19H17N5O2/c1-2-15-12(3-5-22-19(15)26-14-4-8-25-11-14)9-13(1)24-18-17-16(10-23-18)20-6-7-21-17/h1-3,5-7,9,14H,4,8,10-11H2,(H,23,24)/t14-/m1/s1. The molecule has 2 aliphatic heterocycles. The topological polar surface area (TPSA) is 81.5 Å². The number of anilines is 1. The van der Waals surface area contributed by atoms with E-state index in [2.05, 4.69) is 31.3 Å². The van der Waals surface area contributed by atoms with Gasteiger partial charge in [0.1, 0.15) is 11.8 Å². The number of rotatable bonds is 3. The Morgan fingerprint density at radius 1 is 1.08 bits per heavy atom. The zero-order valence-corrected chi connectivity index (χ0v) is 14.1. The fourth-order valence-corrected chi connectivity index (χ4v) is 3.23. The molecule has 1 atom stereocenters. The van der Waals surface area contributed by atoms with Crippen molar-refractivity contribution in [3.8, 4) is 5.88 Å². The average Bonchev–Trinajstić information content (AvgIpc) is 3.32. The Bertz CT molecular complexity index is 998. The minimum absolute atomic E-state index is 0.0776. The highest BCUT2D eigenvalue weighted by Crippen LogP contribution is 2.28. The molecule has 26 heavy (non-hydrogen) atoms. The molecule has 0 unspecified atom stereocenters. The zero-order valence-electron chi connectivity index (χ0n) is 14.1. The first-order valence-electron chi connectivity index (χ1n) is 8.62. The number of ether oxygens (including phenoxy) is 2. The van der Waals surface area contributed by atoms with Crippen LogP contribution in [0.25, 0.3) is 10.8 Å². The van der Waals surface area contributed by atoms with Crippen LogP contribution >= 0.6 is 0 Å². The molecule has 0 radical (unpaired) electrons. The molecular formula is C19H17N5O2. The highest BCUT2D eigenvalue weighted by atomic mass is 16.5. The smallest absolute Gasteiger partial charge is 0.221 e. The molecule has 0 bridgehead atoms. The summed E-state index contributed by atoms with van der Waals surface area (Å²) in [6.07, 6.45) is 6.12. The second kappa shape index (κ2) is 6.34. The molecule has 2 aromatic heterocycles. The average molecular weight is 347 g/mol. The van der Waals surface area contributed by atoms with Crippen LogP contribution in [-0.2, 0) is 11.3 Å². The Morgan fingerprint density at radius 3 is 2.96 bits per heavy atom. The predicted octanol–water partition coefficient (Wildman–Crippen LogP) is 2.56. The van der Waals surface area contributed by atoms with Crippen LogP contribution < -0.4 is 10.1 Å². The number of amidine groups is 1. The molecule has 2 aliphatic rings. The number of hydrogen-bond acceptors (Lipinski definition) is 7. The summed E-state index contributed by atoms with van der Waals surface area (Å²) in [4.78, 5) is 17.6. The molecule has 0 spiro atoms. The second-order valence-corrected chi connectivity index (χ2v) is 6.30. The number of hydrogen-bond donors (Lipinski definition) is 1. The van der Waals surface area contributed by atoms with Crippen LogP contribution in [0, 0.1) is 0 Å². The highest BCUT2D eigenvalue weighted by Gasteiger charge is 2.20. The van der Waals surface area contributed by atoms with E-state index in [-0.39, 0.29) is 6.10 Å². The quantitative estimate of drug-likeness (QED) is 0.784. The van der Waals surface area contributed by atoms with Crippen LogP contribution in [0.2, 0.25) is 0 Å². The lowest BCUT2D eigenvalue weighted by Crippen LogP contribution is -2.16. The Morgan fingerprint density at radius 2 is 2.04 bits per heavy atom. The Balaban J connectivity index is 1.42.